The summed E-state index contributed by atoms with van der Waals surface area (Å²) in [5.74, 6) is 0.133. The van der Waals surface area contributed by atoms with Crippen LogP contribution < -0.4 is 0 Å². The number of carbonyl (C=O) groups is 1. The number of carbonyl (C=O) groups excluding carboxylic acids is 1. The molecule has 11 heavy (non-hydrogen) atoms. The highest BCUT2D eigenvalue weighted by Crippen LogP contribution is 2.18. The molecular weight excluding hydrogens is 158 g/mol. The number of Topliss-reactive ketones (excluding diaryl/α,β-unsaturated/α-hetero) is 1. The van der Waals surface area contributed by atoms with Gasteiger partial charge < -0.3 is 0 Å². The molecule has 0 saturated heterocycles. The minimum Gasteiger partial charge on any atom is -0.294 e. The third kappa shape index (κ3) is 1.48. The standard InChI is InChI=1S/C8H11NOS/c1-4-7-8(6(3)10)5(2)9-11-7/h4H2,1-3H3. The molecule has 1 heterocycles. The summed E-state index contributed by atoms with van der Waals surface area (Å²) < 4.78 is 4.13. The Hall–Kier alpha value is -0.700. The fraction of sp³-hybridized carbons (Fsp3) is 0.500. The van der Waals surface area contributed by atoms with E-state index in [2.05, 4.69) is 4.37 Å². The van der Waals surface area contributed by atoms with E-state index in [1.54, 1.807) is 6.92 Å². The summed E-state index contributed by atoms with van der Waals surface area (Å²) in [5.41, 5.74) is 1.71. The monoisotopic (exact) mass is 169 g/mol. The SMILES string of the molecule is CCc1snc(C)c1C(C)=O. The van der Waals surface area contributed by atoms with Crippen molar-refractivity contribution in [1.29, 1.82) is 0 Å². The lowest BCUT2D eigenvalue weighted by atomic mass is 10.1. The maximum atomic E-state index is 11.1. The second kappa shape index (κ2) is 3.13. The van der Waals surface area contributed by atoms with Gasteiger partial charge in [-0.05, 0) is 31.8 Å². The van der Waals surface area contributed by atoms with Crippen molar-refractivity contribution in [3.8, 4) is 0 Å². The molecule has 0 N–H and O–H groups in total. The molecule has 2 nitrogen and oxygen atoms in total. The summed E-state index contributed by atoms with van der Waals surface area (Å²) in [6, 6.07) is 0. The lowest BCUT2D eigenvalue weighted by molar-refractivity contribution is 0.101. The average molecular weight is 169 g/mol. The van der Waals surface area contributed by atoms with Gasteiger partial charge in [-0.25, -0.2) is 0 Å². The zero-order valence-electron chi connectivity index (χ0n) is 6.97. The summed E-state index contributed by atoms with van der Waals surface area (Å²) in [6.07, 6.45) is 0.903. The van der Waals surface area contributed by atoms with E-state index in [0.717, 1.165) is 22.6 Å². The van der Waals surface area contributed by atoms with Crippen LogP contribution in [0, 0.1) is 6.92 Å². The minimum absolute atomic E-state index is 0.133. The minimum atomic E-state index is 0.133. The van der Waals surface area contributed by atoms with E-state index in [0.29, 0.717) is 0 Å². The summed E-state index contributed by atoms with van der Waals surface area (Å²) in [6.45, 7) is 5.52. The number of aryl methyl sites for hydroxylation is 2. The van der Waals surface area contributed by atoms with Crippen LogP contribution in [-0.2, 0) is 6.42 Å². The van der Waals surface area contributed by atoms with E-state index in [9.17, 15) is 4.79 Å². The molecule has 3 heteroatoms. The van der Waals surface area contributed by atoms with Crippen molar-refractivity contribution in [3.63, 3.8) is 0 Å². The molecule has 0 unspecified atom stereocenters. The van der Waals surface area contributed by atoms with Gasteiger partial charge in [0.05, 0.1) is 11.3 Å². The van der Waals surface area contributed by atoms with Crippen molar-refractivity contribution < 1.29 is 4.79 Å². The Labute approximate surface area is 70.4 Å². The molecule has 0 saturated carbocycles. The molecule has 0 radical (unpaired) electrons. The molecule has 0 atom stereocenters. The van der Waals surface area contributed by atoms with Gasteiger partial charge in [-0.1, -0.05) is 6.92 Å². The van der Waals surface area contributed by atoms with Crippen molar-refractivity contribution in [2.24, 2.45) is 0 Å². The van der Waals surface area contributed by atoms with Crippen LogP contribution in [0.25, 0.3) is 0 Å². The number of aromatic nitrogens is 1. The number of nitrogens with zero attached hydrogens (tertiary/aromatic N) is 1. The Morgan fingerprint density at radius 3 is 2.64 bits per heavy atom. The number of rotatable bonds is 2. The second-order valence-corrected chi connectivity index (χ2v) is 3.33. The van der Waals surface area contributed by atoms with E-state index in [-0.39, 0.29) is 5.78 Å². The summed E-state index contributed by atoms with van der Waals surface area (Å²) in [7, 11) is 0. The van der Waals surface area contributed by atoms with E-state index in [1.807, 2.05) is 13.8 Å². The van der Waals surface area contributed by atoms with Crippen LogP contribution in [0.3, 0.4) is 0 Å². The average Bonchev–Trinajstić information content (AvgIpc) is 2.30. The Morgan fingerprint density at radius 2 is 2.27 bits per heavy atom. The van der Waals surface area contributed by atoms with Crippen molar-refractivity contribution in [2.75, 3.05) is 0 Å². The van der Waals surface area contributed by atoms with Gasteiger partial charge in [0.1, 0.15) is 0 Å². The Kier molecular flexibility index (Phi) is 2.39. The molecule has 0 aliphatic carbocycles. The van der Waals surface area contributed by atoms with E-state index < -0.39 is 0 Å². The lowest BCUT2D eigenvalue weighted by Gasteiger charge is -1.94. The molecule has 0 bridgehead atoms. The molecular formula is C8H11NOS. The first-order valence-electron chi connectivity index (χ1n) is 3.63. The van der Waals surface area contributed by atoms with Gasteiger partial charge >= 0.3 is 0 Å². The topological polar surface area (TPSA) is 30.0 Å². The predicted molar refractivity (Wildman–Crippen MR) is 46.2 cm³/mol. The lowest BCUT2D eigenvalue weighted by Crippen LogP contribution is -1.96. The Bertz CT molecular complexity index is 278. The van der Waals surface area contributed by atoms with Crippen LogP contribution in [0.1, 0.15) is 34.8 Å². The predicted octanol–water partition coefficient (Wildman–Crippen LogP) is 2.22. The van der Waals surface area contributed by atoms with Gasteiger partial charge in [0.2, 0.25) is 0 Å². The fourth-order valence-corrected chi connectivity index (χ4v) is 1.96. The smallest absolute Gasteiger partial charge is 0.162 e. The van der Waals surface area contributed by atoms with Crippen LogP contribution in [0.2, 0.25) is 0 Å². The Morgan fingerprint density at radius 1 is 1.64 bits per heavy atom. The highest BCUT2D eigenvalue weighted by molar-refractivity contribution is 7.06. The molecule has 1 aromatic rings. The van der Waals surface area contributed by atoms with Crippen molar-refractivity contribution in [1.82, 2.24) is 4.37 Å². The molecule has 0 aliphatic heterocycles. The first kappa shape index (κ1) is 8.40. The molecule has 0 aliphatic rings. The number of hydrogen-bond acceptors (Lipinski definition) is 3. The van der Waals surface area contributed by atoms with Crippen LogP contribution in [0.4, 0.5) is 0 Å². The molecule has 0 amide bonds. The van der Waals surface area contributed by atoms with Crippen LogP contribution >= 0.6 is 11.5 Å². The van der Waals surface area contributed by atoms with Crippen molar-refractivity contribution >= 4 is 17.3 Å². The number of ketones is 1. The van der Waals surface area contributed by atoms with E-state index in [1.165, 1.54) is 11.5 Å². The third-order valence-corrected chi connectivity index (χ3v) is 2.68. The molecule has 0 fully saturated rings. The van der Waals surface area contributed by atoms with Gasteiger partial charge in [0.15, 0.2) is 5.78 Å². The molecule has 1 rings (SSSR count). The highest BCUT2D eigenvalue weighted by Gasteiger charge is 2.12. The van der Waals surface area contributed by atoms with Gasteiger partial charge in [-0.3, -0.25) is 4.79 Å². The molecule has 0 aromatic carbocycles. The maximum absolute atomic E-state index is 11.1. The van der Waals surface area contributed by atoms with E-state index in [4.69, 9.17) is 0 Å². The normalized spacial score (nSPS) is 10.1. The van der Waals surface area contributed by atoms with Crippen molar-refractivity contribution in [3.05, 3.63) is 16.1 Å². The quantitative estimate of drug-likeness (QED) is 0.635. The summed E-state index contributed by atoms with van der Waals surface area (Å²) in [5, 5.41) is 0. The third-order valence-electron chi connectivity index (χ3n) is 1.61. The van der Waals surface area contributed by atoms with Crippen molar-refractivity contribution in [2.45, 2.75) is 27.2 Å². The zero-order chi connectivity index (χ0) is 8.43. The second-order valence-electron chi connectivity index (χ2n) is 2.48. The fourth-order valence-electron chi connectivity index (χ4n) is 1.11. The van der Waals surface area contributed by atoms with Gasteiger partial charge in [0, 0.05) is 4.88 Å². The Balaban J connectivity index is 3.17. The zero-order valence-corrected chi connectivity index (χ0v) is 7.79. The first-order valence-corrected chi connectivity index (χ1v) is 4.40. The van der Waals surface area contributed by atoms with Gasteiger partial charge in [-0.2, -0.15) is 4.37 Å². The highest BCUT2D eigenvalue weighted by atomic mass is 32.1. The van der Waals surface area contributed by atoms with Crippen LogP contribution in [-0.4, -0.2) is 10.2 Å². The first-order chi connectivity index (χ1) is 5.16. The summed E-state index contributed by atoms with van der Waals surface area (Å²) >= 11 is 1.43. The van der Waals surface area contributed by atoms with Crippen LogP contribution in [0.15, 0.2) is 0 Å². The van der Waals surface area contributed by atoms with Crippen LogP contribution in [0.5, 0.6) is 0 Å². The molecule has 1 aromatic heterocycles. The van der Waals surface area contributed by atoms with Gasteiger partial charge in [0.25, 0.3) is 0 Å². The van der Waals surface area contributed by atoms with Gasteiger partial charge in [-0.15, -0.1) is 0 Å². The maximum Gasteiger partial charge on any atom is 0.162 e. The summed E-state index contributed by atoms with van der Waals surface area (Å²) in [4.78, 5) is 12.2. The molecule has 0 spiro atoms. The largest absolute Gasteiger partial charge is 0.294 e. The number of hydrogen-bond donors (Lipinski definition) is 0. The molecule has 60 valence electrons. The van der Waals surface area contributed by atoms with E-state index >= 15 is 0 Å².